The van der Waals surface area contributed by atoms with Gasteiger partial charge in [0.15, 0.2) is 0 Å². The van der Waals surface area contributed by atoms with Crippen molar-refractivity contribution in [3.8, 4) is 0 Å². The van der Waals surface area contributed by atoms with E-state index in [0.717, 1.165) is 5.56 Å². The lowest BCUT2D eigenvalue weighted by Crippen LogP contribution is -2.44. The Labute approximate surface area is 145 Å². The Bertz CT molecular complexity index is 766. The van der Waals surface area contributed by atoms with Crippen LogP contribution in [-0.4, -0.2) is 24.5 Å². The van der Waals surface area contributed by atoms with E-state index in [-0.39, 0.29) is 30.4 Å². The van der Waals surface area contributed by atoms with Crippen LogP contribution in [0.3, 0.4) is 0 Å². The molecule has 3 amide bonds. The van der Waals surface area contributed by atoms with Crippen molar-refractivity contribution in [1.82, 2.24) is 10.6 Å². The summed E-state index contributed by atoms with van der Waals surface area (Å²) in [5.74, 6) is -0.525. The molecule has 2 atom stereocenters. The molecule has 0 unspecified atom stereocenters. The van der Waals surface area contributed by atoms with E-state index < -0.39 is 5.82 Å². The van der Waals surface area contributed by atoms with Crippen LogP contribution in [0.25, 0.3) is 0 Å². The molecule has 2 N–H and O–H groups in total. The maximum Gasteiger partial charge on any atom is 0.315 e. The number of nitrogens with one attached hydrogen (secondary N) is 2. The standard InChI is InChI=1S/C19H20FN3O2/c1-13(14-6-3-2-4-7-14)21-19(25)22-16-11-18(24)23(12-16)17-9-5-8-15(20)10-17/h2-10,13,16H,11-12H2,1H3,(H2,21,22,25)/t13-,16-/m0/s1. The topological polar surface area (TPSA) is 61.4 Å². The second-order valence-electron chi connectivity index (χ2n) is 6.14. The fourth-order valence-electron chi connectivity index (χ4n) is 2.95. The van der Waals surface area contributed by atoms with Gasteiger partial charge in [-0.05, 0) is 30.7 Å². The van der Waals surface area contributed by atoms with Gasteiger partial charge in [-0.3, -0.25) is 4.79 Å². The van der Waals surface area contributed by atoms with Crippen molar-refractivity contribution in [2.45, 2.75) is 25.4 Å². The average Bonchev–Trinajstić information content (AvgIpc) is 2.95. The molecule has 1 fully saturated rings. The van der Waals surface area contributed by atoms with E-state index in [1.165, 1.54) is 17.0 Å². The first-order valence-corrected chi connectivity index (χ1v) is 8.21. The number of carbonyl (C=O) groups is 2. The molecule has 130 valence electrons. The van der Waals surface area contributed by atoms with Gasteiger partial charge in [0.25, 0.3) is 0 Å². The number of benzene rings is 2. The van der Waals surface area contributed by atoms with Crippen LogP contribution in [0.5, 0.6) is 0 Å². The third-order valence-electron chi connectivity index (χ3n) is 4.23. The lowest BCUT2D eigenvalue weighted by Gasteiger charge is -2.19. The molecule has 25 heavy (non-hydrogen) atoms. The number of halogens is 1. The first kappa shape index (κ1) is 17.0. The van der Waals surface area contributed by atoms with Crippen LogP contribution >= 0.6 is 0 Å². The van der Waals surface area contributed by atoms with Crippen molar-refractivity contribution in [1.29, 1.82) is 0 Å². The van der Waals surface area contributed by atoms with Crippen LogP contribution < -0.4 is 15.5 Å². The van der Waals surface area contributed by atoms with Gasteiger partial charge in [0, 0.05) is 18.7 Å². The number of hydrogen-bond donors (Lipinski definition) is 2. The van der Waals surface area contributed by atoms with Crippen LogP contribution in [0.4, 0.5) is 14.9 Å². The van der Waals surface area contributed by atoms with Gasteiger partial charge in [0.1, 0.15) is 5.82 Å². The summed E-state index contributed by atoms with van der Waals surface area (Å²) in [6, 6.07) is 14.7. The fraction of sp³-hybridized carbons (Fsp3) is 0.263. The molecular formula is C19H20FN3O2. The van der Waals surface area contributed by atoms with Gasteiger partial charge in [0.2, 0.25) is 5.91 Å². The van der Waals surface area contributed by atoms with Crippen molar-refractivity contribution in [3.05, 3.63) is 66.0 Å². The minimum absolute atomic E-state index is 0.132. The predicted molar refractivity (Wildman–Crippen MR) is 93.7 cm³/mol. The van der Waals surface area contributed by atoms with Crippen LogP contribution in [0.2, 0.25) is 0 Å². The van der Waals surface area contributed by atoms with Gasteiger partial charge in [0.05, 0.1) is 12.1 Å². The number of rotatable bonds is 4. The molecule has 1 saturated heterocycles. The summed E-state index contributed by atoms with van der Waals surface area (Å²) in [4.78, 5) is 25.8. The van der Waals surface area contributed by atoms with E-state index in [4.69, 9.17) is 0 Å². The zero-order chi connectivity index (χ0) is 17.8. The molecule has 0 bridgehead atoms. The van der Waals surface area contributed by atoms with E-state index in [1.54, 1.807) is 12.1 Å². The van der Waals surface area contributed by atoms with E-state index >= 15 is 0 Å². The molecular weight excluding hydrogens is 321 g/mol. The summed E-state index contributed by atoms with van der Waals surface area (Å²) < 4.78 is 13.3. The molecule has 3 rings (SSSR count). The lowest BCUT2D eigenvalue weighted by atomic mass is 10.1. The summed E-state index contributed by atoms with van der Waals surface area (Å²) in [5, 5.41) is 5.68. The fourth-order valence-corrected chi connectivity index (χ4v) is 2.95. The molecule has 1 aliphatic rings. The summed E-state index contributed by atoms with van der Waals surface area (Å²) in [5.41, 5.74) is 1.51. The Morgan fingerprint density at radius 3 is 2.68 bits per heavy atom. The minimum Gasteiger partial charge on any atom is -0.333 e. The molecule has 0 aromatic heterocycles. The number of nitrogens with zero attached hydrogens (tertiary/aromatic N) is 1. The molecule has 1 heterocycles. The Hall–Kier alpha value is -2.89. The highest BCUT2D eigenvalue weighted by Crippen LogP contribution is 2.22. The molecule has 0 radical (unpaired) electrons. The van der Waals surface area contributed by atoms with Crippen LogP contribution in [-0.2, 0) is 4.79 Å². The van der Waals surface area contributed by atoms with Gasteiger partial charge in [-0.1, -0.05) is 36.4 Å². The normalized spacial score (nSPS) is 18.1. The summed E-state index contributed by atoms with van der Waals surface area (Å²) in [6.07, 6.45) is 0.198. The van der Waals surface area contributed by atoms with Gasteiger partial charge < -0.3 is 15.5 Å². The summed E-state index contributed by atoms with van der Waals surface area (Å²) in [7, 11) is 0. The Balaban J connectivity index is 1.57. The maximum absolute atomic E-state index is 13.3. The lowest BCUT2D eigenvalue weighted by molar-refractivity contribution is -0.117. The second kappa shape index (κ2) is 7.34. The first-order valence-electron chi connectivity index (χ1n) is 8.21. The number of hydrogen-bond acceptors (Lipinski definition) is 2. The number of urea groups is 1. The minimum atomic E-state index is -0.392. The molecule has 6 heteroatoms. The third-order valence-corrected chi connectivity index (χ3v) is 4.23. The van der Waals surface area contributed by atoms with E-state index in [9.17, 15) is 14.0 Å². The third kappa shape index (κ3) is 4.15. The van der Waals surface area contributed by atoms with Crippen LogP contribution in [0, 0.1) is 5.82 Å². The van der Waals surface area contributed by atoms with Gasteiger partial charge in [-0.25, -0.2) is 9.18 Å². The van der Waals surface area contributed by atoms with E-state index in [0.29, 0.717) is 12.2 Å². The van der Waals surface area contributed by atoms with Gasteiger partial charge in [-0.2, -0.15) is 0 Å². The molecule has 5 nitrogen and oxygen atoms in total. The number of anilines is 1. The van der Waals surface area contributed by atoms with Gasteiger partial charge >= 0.3 is 6.03 Å². The monoisotopic (exact) mass is 341 g/mol. The number of amides is 3. The zero-order valence-corrected chi connectivity index (χ0v) is 13.9. The van der Waals surface area contributed by atoms with Crippen LogP contribution in [0.15, 0.2) is 54.6 Å². The predicted octanol–water partition coefficient (Wildman–Crippen LogP) is 2.99. The SMILES string of the molecule is C[C@H](NC(=O)N[C@H]1CC(=O)N(c2cccc(F)c2)C1)c1ccccc1. The summed E-state index contributed by atoms with van der Waals surface area (Å²) >= 11 is 0. The van der Waals surface area contributed by atoms with Crippen molar-refractivity contribution < 1.29 is 14.0 Å². The van der Waals surface area contributed by atoms with Crippen molar-refractivity contribution in [2.75, 3.05) is 11.4 Å². The largest absolute Gasteiger partial charge is 0.333 e. The zero-order valence-electron chi connectivity index (χ0n) is 13.9. The summed E-state index contributed by atoms with van der Waals surface area (Å²) in [6.45, 7) is 2.23. The first-order chi connectivity index (χ1) is 12.0. The highest BCUT2D eigenvalue weighted by atomic mass is 19.1. The highest BCUT2D eigenvalue weighted by Gasteiger charge is 2.31. The van der Waals surface area contributed by atoms with Crippen molar-refractivity contribution in [2.24, 2.45) is 0 Å². The maximum atomic E-state index is 13.3. The van der Waals surface area contributed by atoms with Crippen molar-refractivity contribution in [3.63, 3.8) is 0 Å². The van der Waals surface area contributed by atoms with E-state index in [2.05, 4.69) is 10.6 Å². The van der Waals surface area contributed by atoms with E-state index in [1.807, 2.05) is 37.3 Å². The smallest absolute Gasteiger partial charge is 0.315 e. The molecule has 1 aliphatic heterocycles. The molecule has 2 aromatic carbocycles. The van der Waals surface area contributed by atoms with Crippen molar-refractivity contribution >= 4 is 17.6 Å². The molecule has 0 spiro atoms. The van der Waals surface area contributed by atoms with Crippen LogP contribution in [0.1, 0.15) is 24.9 Å². The Kier molecular flexibility index (Phi) is 4.97. The second-order valence-corrected chi connectivity index (χ2v) is 6.14. The Morgan fingerprint density at radius 1 is 1.20 bits per heavy atom. The quantitative estimate of drug-likeness (QED) is 0.898. The average molecular weight is 341 g/mol. The van der Waals surface area contributed by atoms with Gasteiger partial charge in [-0.15, -0.1) is 0 Å². The molecule has 0 aliphatic carbocycles. The molecule has 0 saturated carbocycles. The Morgan fingerprint density at radius 2 is 1.96 bits per heavy atom. The molecule has 2 aromatic rings. The number of carbonyl (C=O) groups excluding carboxylic acids is 2. The highest BCUT2D eigenvalue weighted by molar-refractivity contribution is 5.96.